The first-order valence-electron chi connectivity index (χ1n) is 10.6. The molecule has 162 valence electrons. The van der Waals surface area contributed by atoms with Crippen molar-refractivity contribution in [2.75, 3.05) is 20.8 Å². The van der Waals surface area contributed by atoms with Gasteiger partial charge in [0.25, 0.3) is 5.56 Å². The van der Waals surface area contributed by atoms with Gasteiger partial charge in [0.2, 0.25) is 0 Å². The van der Waals surface area contributed by atoms with E-state index in [9.17, 15) is 4.79 Å². The number of ether oxygens (including phenoxy) is 2. The van der Waals surface area contributed by atoms with Crippen LogP contribution in [0.4, 0.5) is 0 Å². The second-order valence-corrected chi connectivity index (χ2v) is 7.82. The maximum Gasteiger partial charge on any atom is 0.251 e. The summed E-state index contributed by atoms with van der Waals surface area (Å²) in [4.78, 5) is 26.7. The quantitative estimate of drug-likeness (QED) is 0.628. The molecule has 2 aromatic heterocycles. The van der Waals surface area contributed by atoms with Crippen LogP contribution < -0.4 is 10.3 Å². The highest BCUT2D eigenvalue weighted by molar-refractivity contribution is 5.52. The van der Waals surface area contributed by atoms with Crippen LogP contribution in [0.25, 0.3) is 11.4 Å². The zero-order valence-electron chi connectivity index (χ0n) is 18.0. The zero-order chi connectivity index (χ0) is 21.6. The molecular formula is C24H28N4O3. The van der Waals surface area contributed by atoms with Gasteiger partial charge in [-0.05, 0) is 49.2 Å². The molecule has 0 bridgehead atoms. The Hall–Kier alpha value is -3.03. The van der Waals surface area contributed by atoms with E-state index in [2.05, 4.69) is 20.9 Å². The van der Waals surface area contributed by atoms with Gasteiger partial charge in [-0.25, -0.2) is 4.98 Å². The number of aromatic nitrogens is 3. The molecule has 1 N–H and O–H groups in total. The van der Waals surface area contributed by atoms with E-state index in [0.717, 1.165) is 60.5 Å². The minimum absolute atomic E-state index is 0.0715. The number of methoxy groups -OCH3 is 2. The summed E-state index contributed by atoms with van der Waals surface area (Å²) in [6, 6.07) is 11.6. The molecule has 1 aliphatic rings. The van der Waals surface area contributed by atoms with E-state index in [1.54, 1.807) is 32.7 Å². The Labute approximate surface area is 182 Å². The highest BCUT2D eigenvalue weighted by Crippen LogP contribution is 2.33. The van der Waals surface area contributed by atoms with Crippen LogP contribution in [0.3, 0.4) is 0 Å². The van der Waals surface area contributed by atoms with Crippen molar-refractivity contribution in [3.05, 3.63) is 76.0 Å². The van der Waals surface area contributed by atoms with Crippen molar-refractivity contribution < 1.29 is 9.47 Å². The average molecular weight is 421 g/mol. The highest BCUT2D eigenvalue weighted by Gasteiger charge is 2.27. The van der Waals surface area contributed by atoms with Crippen LogP contribution in [0.1, 0.15) is 42.1 Å². The maximum absolute atomic E-state index is 12.4. The number of rotatable bonds is 7. The first-order valence-corrected chi connectivity index (χ1v) is 10.6. The second kappa shape index (κ2) is 9.85. The van der Waals surface area contributed by atoms with Gasteiger partial charge in [0.05, 0.1) is 25.5 Å². The molecule has 0 radical (unpaired) electrons. The predicted octanol–water partition coefficient (Wildman–Crippen LogP) is 3.71. The normalized spacial score (nSPS) is 16.9. The zero-order valence-corrected chi connectivity index (χ0v) is 18.0. The standard InChI is InChI=1S/C24H28N4O3/c1-30-16-17-8-9-22(31-2)19(12-17)15-28-11-4-3-7-21(28)20-13-23(29)27-24(26-20)18-6-5-10-25-14-18/h5-6,8-10,12-14,21H,3-4,7,11,15-16H2,1-2H3,(H,26,27,29)/t21-/m0/s1. The lowest BCUT2D eigenvalue weighted by Crippen LogP contribution is -2.34. The van der Waals surface area contributed by atoms with Gasteiger partial charge >= 0.3 is 0 Å². The fourth-order valence-corrected chi connectivity index (χ4v) is 4.23. The summed E-state index contributed by atoms with van der Waals surface area (Å²) in [5.41, 5.74) is 3.68. The summed E-state index contributed by atoms with van der Waals surface area (Å²) in [5.74, 6) is 1.42. The van der Waals surface area contributed by atoms with E-state index < -0.39 is 0 Å². The molecule has 7 nitrogen and oxygen atoms in total. The number of benzene rings is 1. The smallest absolute Gasteiger partial charge is 0.251 e. The van der Waals surface area contributed by atoms with Crippen LogP contribution in [0.2, 0.25) is 0 Å². The molecule has 31 heavy (non-hydrogen) atoms. The van der Waals surface area contributed by atoms with E-state index in [1.807, 2.05) is 24.3 Å². The van der Waals surface area contributed by atoms with E-state index in [4.69, 9.17) is 14.5 Å². The molecule has 0 unspecified atom stereocenters. The molecule has 0 saturated carbocycles. The molecule has 1 saturated heterocycles. The summed E-state index contributed by atoms with van der Waals surface area (Å²) >= 11 is 0. The van der Waals surface area contributed by atoms with Crippen LogP contribution >= 0.6 is 0 Å². The van der Waals surface area contributed by atoms with Crippen molar-refractivity contribution in [2.24, 2.45) is 0 Å². The molecule has 0 aliphatic carbocycles. The Bertz CT molecular complexity index is 1070. The summed E-state index contributed by atoms with van der Waals surface area (Å²) in [6.45, 7) is 2.23. The Morgan fingerprint density at radius 1 is 1.19 bits per heavy atom. The van der Waals surface area contributed by atoms with Gasteiger partial charge in [-0.2, -0.15) is 0 Å². The molecular weight excluding hydrogens is 392 g/mol. The Morgan fingerprint density at radius 3 is 2.87 bits per heavy atom. The van der Waals surface area contributed by atoms with Crippen LogP contribution in [-0.2, 0) is 17.9 Å². The van der Waals surface area contributed by atoms with E-state index in [1.165, 1.54) is 0 Å². The van der Waals surface area contributed by atoms with Crippen LogP contribution in [0, 0.1) is 0 Å². The van der Waals surface area contributed by atoms with Crippen molar-refractivity contribution in [3.8, 4) is 17.1 Å². The van der Waals surface area contributed by atoms with Crippen LogP contribution in [0.5, 0.6) is 5.75 Å². The SMILES string of the molecule is COCc1ccc(OC)c(CN2CCCC[C@H]2c2cc(=O)[nH]c(-c3cccnc3)n2)c1. The lowest BCUT2D eigenvalue weighted by atomic mass is 9.97. The molecule has 0 spiro atoms. The number of likely N-dealkylation sites (tertiary alicyclic amines) is 1. The van der Waals surface area contributed by atoms with Gasteiger partial charge in [-0.15, -0.1) is 0 Å². The van der Waals surface area contributed by atoms with Gasteiger partial charge in [0.15, 0.2) is 0 Å². The van der Waals surface area contributed by atoms with Gasteiger partial charge in [-0.3, -0.25) is 14.7 Å². The summed E-state index contributed by atoms with van der Waals surface area (Å²) < 4.78 is 10.9. The summed E-state index contributed by atoms with van der Waals surface area (Å²) in [5, 5.41) is 0. The van der Waals surface area contributed by atoms with Crippen molar-refractivity contribution >= 4 is 0 Å². The fraction of sp³-hybridized carbons (Fsp3) is 0.375. The molecule has 1 fully saturated rings. The second-order valence-electron chi connectivity index (χ2n) is 7.82. The van der Waals surface area contributed by atoms with Gasteiger partial charge in [-0.1, -0.05) is 12.5 Å². The number of piperidine rings is 1. The van der Waals surface area contributed by atoms with E-state index in [-0.39, 0.29) is 11.6 Å². The Balaban J connectivity index is 1.65. The van der Waals surface area contributed by atoms with E-state index >= 15 is 0 Å². The minimum atomic E-state index is -0.144. The van der Waals surface area contributed by atoms with Crippen molar-refractivity contribution in [1.82, 2.24) is 19.9 Å². The third-order valence-corrected chi connectivity index (χ3v) is 5.68. The number of nitrogens with one attached hydrogen (secondary N) is 1. The van der Waals surface area contributed by atoms with Gasteiger partial charge in [0, 0.05) is 43.2 Å². The number of pyridine rings is 1. The first kappa shape index (κ1) is 21.2. The Morgan fingerprint density at radius 2 is 2.10 bits per heavy atom. The van der Waals surface area contributed by atoms with Crippen molar-refractivity contribution in [2.45, 2.75) is 38.5 Å². The third-order valence-electron chi connectivity index (χ3n) is 5.68. The van der Waals surface area contributed by atoms with Crippen molar-refractivity contribution in [1.29, 1.82) is 0 Å². The topological polar surface area (TPSA) is 80.3 Å². The van der Waals surface area contributed by atoms with Crippen LogP contribution in [0.15, 0.2) is 53.6 Å². The third kappa shape index (κ3) is 5.00. The largest absolute Gasteiger partial charge is 0.496 e. The predicted molar refractivity (Wildman–Crippen MR) is 119 cm³/mol. The molecule has 1 aromatic carbocycles. The number of hydrogen-bond acceptors (Lipinski definition) is 6. The molecule has 1 aliphatic heterocycles. The molecule has 3 aromatic rings. The molecule has 4 rings (SSSR count). The highest BCUT2D eigenvalue weighted by atomic mass is 16.5. The summed E-state index contributed by atoms with van der Waals surface area (Å²) in [6.07, 6.45) is 6.61. The Kier molecular flexibility index (Phi) is 6.74. The van der Waals surface area contributed by atoms with Gasteiger partial charge < -0.3 is 14.5 Å². The monoisotopic (exact) mass is 420 g/mol. The lowest BCUT2D eigenvalue weighted by Gasteiger charge is -2.35. The first-order chi connectivity index (χ1) is 15.2. The summed E-state index contributed by atoms with van der Waals surface area (Å²) in [7, 11) is 3.39. The lowest BCUT2D eigenvalue weighted by molar-refractivity contribution is 0.135. The minimum Gasteiger partial charge on any atom is -0.496 e. The number of hydrogen-bond donors (Lipinski definition) is 1. The molecule has 7 heteroatoms. The fourth-order valence-electron chi connectivity index (χ4n) is 4.23. The maximum atomic E-state index is 12.4. The van der Waals surface area contributed by atoms with Crippen LogP contribution in [-0.4, -0.2) is 40.6 Å². The van der Waals surface area contributed by atoms with Crippen molar-refractivity contribution in [3.63, 3.8) is 0 Å². The number of H-pyrrole nitrogens is 1. The average Bonchev–Trinajstić information content (AvgIpc) is 2.80. The molecule has 3 heterocycles. The van der Waals surface area contributed by atoms with E-state index in [0.29, 0.717) is 12.4 Å². The molecule has 0 amide bonds. The van der Waals surface area contributed by atoms with Gasteiger partial charge in [0.1, 0.15) is 11.6 Å². The number of aromatic amines is 1. The molecule has 1 atom stereocenters. The number of nitrogens with zero attached hydrogens (tertiary/aromatic N) is 3.